The van der Waals surface area contributed by atoms with Gasteiger partial charge >= 0.3 is 5.97 Å². The summed E-state index contributed by atoms with van der Waals surface area (Å²) in [6, 6.07) is 0.161. The largest absolute Gasteiger partial charge is 0.480 e. The summed E-state index contributed by atoms with van der Waals surface area (Å²) in [6.45, 7) is 7.37. The Labute approximate surface area is 98.8 Å². The second kappa shape index (κ2) is 6.24. The quantitative estimate of drug-likeness (QED) is 0.709. The molecule has 16 heavy (non-hydrogen) atoms. The Morgan fingerprint density at radius 3 is 2.75 bits per heavy atom. The highest BCUT2D eigenvalue weighted by Gasteiger charge is 2.38. The molecule has 1 fully saturated rings. The molecule has 1 aliphatic rings. The van der Waals surface area contributed by atoms with Crippen LogP contribution in [0.3, 0.4) is 0 Å². The minimum atomic E-state index is -0.646. The Hall–Kier alpha value is -0.570. The van der Waals surface area contributed by atoms with Crippen molar-refractivity contribution in [3.8, 4) is 0 Å². The van der Waals surface area contributed by atoms with Gasteiger partial charge in [0, 0.05) is 6.04 Å². The third kappa shape index (κ3) is 3.21. The number of carboxylic acids is 1. The average Bonchev–Trinajstić information content (AvgIpc) is 2.60. The lowest BCUT2D eigenvalue weighted by atomic mass is 10.0. The highest BCUT2D eigenvalue weighted by molar-refractivity contribution is 5.74. The van der Waals surface area contributed by atoms with E-state index in [9.17, 15) is 9.90 Å². The van der Waals surface area contributed by atoms with Gasteiger partial charge in [0.1, 0.15) is 6.04 Å². The highest BCUT2D eigenvalue weighted by Crippen LogP contribution is 2.27. The Morgan fingerprint density at radius 1 is 1.50 bits per heavy atom. The zero-order valence-corrected chi connectivity index (χ0v) is 10.8. The molecule has 0 aromatic rings. The van der Waals surface area contributed by atoms with Crippen LogP contribution in [0.15, 0.2) is 0 Å². The first-order chi connectivity index (χ1) is 7.57. The van der Waals surface area contributed by atoms with Gasteiger partial charge in [0.2, 0.25) is 0 Å². The van der Waals surface area contributed by atoms with E-state index in [-0.39, 0.29) is 6.04 Å². The van der Waals surface area contributed by atoms with Crippen LogP contribution in [0.2, 0.25) is 0 Å². The fraction of sp³-hybridized carbons (Fsp3) is 0.923. The van der Waals surface area contributed by atoms with E-state index >= 15 is 0 Å². The molecule has 0 bridgehead atoms. The van der Waals surface area contributed by atoms with Crippen LogP contribution in [0.5, 0.6) is 0 Å². The van der Waals surface area contributed by atoms with Gasteiger partial charge in [-0.15, -0.1) is 0 Å². The standard InChI is InChI=1S/C13H25NO2/c1-4-5-6-7-11(3)14-9-8-10(2)12(14)13(15)16/h10-12H,4-9H2,1-3H3,(H,15,16). The number of rotatable bonds is 6. The number of unbranched alkanes of at least 4 members (excludes halogenated alkanes) is 2. The second-order valence-corrected chi connectivity index (χ2v) is 5.13. The lowest BCUT2D eigenvalue weighted by molar-refractivity contribution is -0.144. The number of hydrogen-bond donors (Lipinski definition) is 1. The minimum absolute atomic E-state index is 0.253. The Bertz CT molecular complexity index is 230. The van der Waals surface area contributed by atoms with E-state index in [4.69, 9.17) is 0 Å². The maximum absolute atomic E-state index is 11.2. The number of carbonyl (C=O) groups is 1. The van der Waals surface area contributed by atoms with Crippen molar-refractivity contribution in [2.75, 3.05) is 6.54 Å². The van der Waals surface area contributed by atoms with Crippen LogP contribution in [0.1, 0.15) is 52.9 Å². The topological polar surface area (TPSA) is 40.5 Å². The van der Waals surface area contributed by atoms with Gasteiger partial charge in [-0.2, -0.15) is 0 Å². The van der Waals surface area contributed by atoms with Gasteiger partial charge in [0.25, 0.3) is 0 Å². The van der Waals surface area contributed by atoms with Crippen LogP contribution < -0.4 is 0 Å². The Balaban J connectivity index is 2.48. The average molecular weight is 227 g/mol. The summed E-state index contributed by atoms with van der Waals surface area (Å²) in [5.41, 5.74) is 0. The highest BCUT2D eigenvalue weighted by atomic mass is 16.4. The van der Waals surface area contributed by atoms with Crippen LogP contribution in [0, 0.1) is 5.92 Å². The molecular weight excluding hydrogens is 202 g/mol. The summed E-state index contributed by atoms with van der Waals surface area (Å²) in [5, 5.41) is 9.23. The molecule has 0 aliphatic carbocycles. The van der Waals surface area contributed by atoms with E-state index in [0.717, 1.165) is 19.4 Å². The van der Waals surface area contributed by atoms with Crippen molar-refractivity contribution in [3.05, 3.63) is 0 Å². The molecule has 0 aromatic heterocycles. The Morgan fingerprint density at radius 2 is 2.19 bits per heavy atom. The van der Waals surface area contributed by atoms with Gasteiger partial charge in [-0.05, 0) is 32.2 Å². The zero-order valence-electron chi connectivity index (χ0n) is 10.8. The van der Waals surface area contributed by atoms with Crippen molar-refractivity contribution in [1.82, 2.24) is 4.90 Å². The molecule has 0 spiro atoms. The minimum Gasteiger partial charge on any atom is -0.480 e. The molecule has 3 nitrogen and oxygen atoms in total. The third-order valence-electron chi connectivity index (χ3n) is 3.78. The molecular formula is C13H25NO2. The van der Waals surface area contributed by atoms with Crippen molar-refractivity contribution in [1.29, 1.82) is 0 Å². The van der Waals surface area contributed by atoms with E-state index in [2.05, 4.69) is 25.7 Å². The fourth-order valence-electron chi connectivity index (χ4n) is 2.71. The fourth-order valence-corrected chi connectivity index (χ4v) is 2.71. The number of hydrogen-bond acceptors (Lipinski definition) is 2. The van der Waals surface area contributed by atoms with Gasteiger partial charge in [0.15, 0.2) is 0 Å². The van der Waals surface area contributed by atoms with Gasteiger partial charge in [0.05, 0.1) is 0 Å². The molecule has 1 N–H and O–H groups in total. The van der Waals surface area contributed by atoms with Crippen molar-refractivity contribution in [2.45, 2.75) is 65.0 Å². The lowest BCUT2D eigenvalue weighted by Gasteiger charge is -2.29. The van der Waals surface area contributed by atoms with E-state index in [1.807, 2.05) is 0 Å². The van der Waals surface area contributed by atoms with E-state index in [0.29, 0.717) is 12.0 Å². The zero-order chi connectivity index (χ0) is 12.1. The molecule has 1 aliphatic heterocycles. The van der Waals surface area contributed by atoms with E-state index in [1.165, 1.54) is 19.3 Å². The lowest BCUT2D eigenvalue weighted by Crippen LogP contribution is -2.44. The van der Waals surface area contributed by atoms with Gasteiger partial charge in [-0.3, -0.25) is 9.69 Å². The number of likely N-dealkylation sites (tertiary alicyclic amines) is 1. The van der Waals surface area contributed by atoms with Crippen LogP contribution in [0.4, 0.5) is 0 Å². The van der Waals surface area contributed by atoms with Crippen molar-refractivity contribution < 1.29 is 9.90 Å². The molecule has 1 heterocycles. The molecule has 3 heteroatoms. The number of aliphatic carboxylic acids is 1. The smallest absolute Gasteiger partial charge is 0.321 e. The van der Waals surface area contributed by atoms with E-state index < -0.39 is 5.97 Å². The summed E-state index contributed by atoms with van der Waals surface area (Å²) in [5.74, 6) is -0.349. The predicted octanol–water partition coefficient (Wildman–Crippen LogP) is 2.75. The first kappa shape index (κ1) is 13.5. The normalized spacial score (nSPS) is 28.2. The molecule has 0 amide bonds. The number of nitrogens with zero attached hydrogens (tertiary/aromatic N) is 1. The van der Waals surface area contributed by atoms with Crippen molar-refractivity contribution in [2.24, 2.45) is 5.92 Å². The molecule has 0 radical (unpaired) electrons. The first-order valence-corrected chi connectivity index (χ1v) is 6.56. The van der Waals surface area contributed by atoms with Crippen LogP contribution in [-0.2, 0) is 4.79 Å². The second-order valence-electron chi connectivity index (χ2n) is 5.13. The first-order valence-electron chi connectivity index (χ1n) is 6.56. The van der Waals surface area contributed by atoms with Crippen molar-refractivity contribution >= 4 is 5.97 Å². The third-order valence-corrected chi connectivity index (χ3v) is 3.78. The van der Waals surface area contributed by atoms with Crippen LogP contribution >= 0.6 is 0 Å². The molecule has 3 atom stereocenters. The van der Waals surface area contributed by atoms with Gasteiger partial charge in [-0.25, -0.2) is 0 Å². The molecule has 0 aromatic carbocycles. The summed E-state index contributed by atoms with van der Waals surface area (Å²) >= 11 is 0. The van der Waals surface area contributed by atoms with Gasteiger partial charge in [-0.1, -0.05) is 33.1 Å². The molecule has 1 saturated heterocycles. The van der Waals surface area contributed by atoms with Crippen molar-refractivity contribution in [3.63, 3.8) is 0 Å². The summed E-state index contributed by atoms with van der Waals surface area (Å²) in [6.07, 6.45) is 5.85. The van der Waals surface area contributed by atoms with Gasteiger partial charge < -0.3 is 5.11 Å². The maximum Gasteiger partial charge on any atom is 0.321 e. The molecule has 94 valence electrons. The summed E-state index contributed by atoms with van der Waals surface area (Å²) in [7, 11) is 0. The van der Waals surface area contributed by atoms with Crippen LogP contribution in [0.25, 0.3) is 0 Å². The van der Waals surface area contributed by atoms with E-state index in [1.54, 1.807) is 0 Å². The summed E-state index contributed by atoms with van der Waals surface area (Å²) < 4.78 is 0. The molecule has 0 saturated carbocycles. The molecule has 1 rings (SSSR count). The summed E-state index contributed by atoms with van der Waals surface area (Å²) in [4.78, 5) is 13.4. The predicted molar refractivity (Wildman–Crippen MR) is 65.5 cm³/mol. The monoisotopic (exact) mass is 227 g/mol. The SMILES string of the molecule is CCCCCC(C)N1CCC(C)C1C(=O)O. The number of carboxylic acid groups (broad SMARTS) is 1. The Kier molecular flexibility index (Phi) is 5.26. The molecule has 3 unspecified atom stereocenters. The van der Waals surface area contributed by atoms with Crippen LogP contribution in [-0.4, -0.2) is 34.6 Å². The maximum atomic E-state index is 11.2.